The van der Waals surface area contributed by atoms with E-state index in [0.29, 0.717) is 6.42 Å². The Bertz CT molecular complexity index is 704. The second-order valence-corrected chi connectivity index (χ2v) is 7.67. The van der Waals surface area contributed by atoms with E-state index in [9.17, 15) is 18.0 Å². The molecule has 0 spiro atoms. The fraction of sp³-hybridized carbons (Fsp3) is 0.500. The van der Waals surface area contributed by atoms with Gasteiger partial charge in [-0.05, 0) is 25.5 Å². The van der Waals surface area contributed by atoms with Crippen LogP contribution in [-0.2, 0) is 14.9 Å². The number of benzene rings is 1. The molecule has 1 aromatic rings. The normalized spacial score (nSPS) is 21.0. The molecule has 3 amide bonds. The molecule has 1 heterocycles. The third kappa shape index (κ3) is 4.25. The summed E-state index contributed by atoms with van der Waals surface area (Å²) in [6, 6.07) is 7.53. The van der Waals surface area contributed by atoms with Crippen LogP contribution in [0.4, 0.5) is 4.79 Å². The van der Waals surface area contributed by atoms with Crippen molar-refractivity contribution in [3.8, 4) is 5.75 Å². The Labute approximate surface area is 142 Å². The van der Waals surface area contributed by atoms with Crippen molar-refractivity contribution in [2.75, 3.05) is 12.3 Å². The fourth-order valence-corrected chi connectivity index (χ4v) is 3.41. The minimum atomic E-state index is -3.90. The highest BCUT2D eigenvalue weighted by Gasteiger charge is 2.47. The molecule has 1 unspecified atom stereocenters. The van der Waals surface area contributed by atoms with Crippen LogP contribution in [-0.4, -0.2) is 43.1 Å². The summed E-state index contributed by atoms with van der Waals surface area (Å²) >= 11 is 0. The van der Waals surface area contributed by atoms with E-state index in [2.05, 4.69) is 5.32 Å². The van der Waals surface area contributed by atoms with E-state index in [-0.39, 0.29) is 12.3 Å². The lowest BCUT2D eigenvalue weighted by atomic mass is 9.95. The first-order chi connectivity index (χ1) is 11.3. The summed E-state index contributed by atoms with van der Waals surface area (Å²) in [5.74, 6) is -0.649. The molecule has 1 aliphatic heterocycles. The van der Waals surface area contributed by atoms with Crippen LogP contribution >= 0.6 is 0 Å². The molecule has 0 aliphatic carbocycles. The molecule has 1 saturated heterocycles. The first-order valence-electron chi connectivity index (χ1n) is 7.89. The topological polar surface area (TPSA) is 92.8 Å². The van der Waals surface area contributed by atoms with E-state index in [4.69, 9.17) is 4.18 Å². The Morgan fingerprint density at radius 1 is 1.21 bits per heavy atom. The van der Waals surface area contributed by atoms with Crippen molar-refractivity contribution in [3.63, 3.8) is 0 Å². The van der Waals surface area contributed by atoms with Crippen LogP contribution in [0.1, 0.15) is 33.1 Å². The van der Waals surface area contributed by atoms with Crippen LogP contribution in [0.2, 0.25) is 0 Å². The summed E-state index contributed by atoms with van der Waals surface area (Å²) in [6.45, 7) is 3.43. The van der Waals surface area contributed by atoms with Crippen LogP contribution in [0.15, 0.2) is 30.3 Å². The summed E-state index contributed by atoms with van der Waals surface area (Å²) in [5.41, 5.74) is -0.961. The standard InChI is InChI=1S/C16H22N2O5S/c1-3-4-10-16(2)14(19)18(15(20)17-16)11-12-24(21,22)23-13-8-6-5-7-9-13/h5-9H,3-4,10-12H2,1-2H3,(H,17,20). The lowest BCUT2D eigenvalue weighted by Gasteiger charge is -2.21. The number of hydrogen-bond acceptors (Lipinski definition) is 5. The molecule has 1 aliphatic rings. The first kappa shape index (κ1) is 18.3. The Morgan fingerprint density at radius 2 is 1.88 bits per heavy atom. The second kappa shape index (κ2) is 7.21. The van der Waals surface area contributed by atoms with Crippen LogP contribution in [0, 0.1) is 0 Å². The van der Waals surface area contributed by atoms with E-state index in [1.165, 1.54) is 12.1 Å². The molecule has 0 bridgehead atoms. The van der Waals surface area contributed by atoms with Gasteiger partial charge in [0.05, 0.1) is 0 Å². The van der Waals surface area contributed by atoms with Crippen molar-refractivity contribution in [1.82, 2.24) is 10.2 Å². The molecular formula is C16H22N2O5S. The maximum absolute atomic E-state index is 12.4. The molecule has 2 rings (SSSR count). The average molecular weight is 354 g/mol. The number of nitrogens with one attached hydrogen (secondary N) is 1. The number of para-hydroxylation sites is 1. The molecule has 0 aromatic heterocycles. The quantitative estimate of drug-likeness (QED) is 0.568. The molecule has 132 valence electrons. The zero-order chi connectivity index (χ0) is 17.8. The lowest BCUT2D eigenvalue weighted by Crippen LogP contribution is -2.44. The molecule has 1 aromatic carbocycles. The molecule has 1 N–H and O–H groups in total. The van der Waals surface area contributed by atoms with Gasteiger partial charge in [0.15, 0.2) is 0 Å². The number of urea groups is 1. The van der Waals surface area contributed by atoms with Crippen LogP contribution in [0.25, 0.3) is 0 Å². The summed E-state index contributed by atoms with van der Waals surface area (Å²) < 4.78 is 29.0. The number of unbranched alkanes of at least 4 members (excludes halogenated alkanes) is 1. The summed E-state index contributed by atoms with van der Waals surface area (Å²) in [5, 5.41) is 2.65. The minimum Gasteiger partial charge on any atom is -0.382 e. The third-order valence-electron chi connectivity index (χ3n) is 3.91. The molecule has 8 heteroatoms. The maximum Gasteiger partial charge on any atom is 0.325 e. The smallest absolute Gasteiger partial charge is 0.325 e. The zero-order valence-electron chi connectivity index (χ0n) is 13.8. The van der Waals surface area contributed by atoms with Crippen molar-refractivity contribution in [1.29, 1.82) is 0 Å². The predicted octanol–water partition coefficient (Wildman–Crippen LogP) is 1.90. The van der Waals surface area contributed by atoms with Crippen LogP contribution < -0.4 is 9.50 Å². The molecule has 7 nitrogen and oxygen atoms in total. The zero-order valence-corrected chi connectivity index (χ0v) is 14.6. The molecular weight excluding hydrogens is 332 g/mol. The van der Waals surface area contributed by atoms with Gasteiger partial charge in [0, 0.05) is 6.54 Å². The summed E-state index contributed by atoms with van der Waals surface area (Å²) in [6.07, 6.45) is 2.22. The minimum absolute atomic E-state index is 0.197. The highest BCUT2D eigenvalue weighted by Crippen LogP contribution is 2.23. The average Bonchev–Trinajstić information content (AvgIpc) is 2.74. The highest BCUT2D eigenvalue weighted by atomic mass is 32.2. The van der Waals surface area contributed by atoms with Crippen molar-refractivity contribution < 1.29 is 22.2 Å². The van der Waals surface area contributed by atoms with Crippen molar-refractivity contribution in [2.24, 2.45) is 0 Å². The Kier molecular flexibility index (Phi) is 5.48. The number of rotatable bonds is 8. The van der Waals surface area contributed by atoms with Gasteiger partial charge in [-0.15, -0.1) is 0 Å². The molecule has 0 saturated carbocycles. The SMILES string of the molecule is CCCCC1(C)NC(=O)N(CCS(=O)(=O)Oc2ccccc2)C1=O. The van der Waals surface area contributed by atoms with Gasteiger partial charge < -0.3 is 9.50 Å². The number of nitrogens with zero attached hydrogens (tertiary/aromatic N) is 1. The fourth-order valence-electron chi connectivity index (χ4n) is 2.52. The summed E-state index contributed by atoms with van der Waals surface area (Å²) in [4.78, 5) is 25.4. The van der Waals surface area contributed by atoms with Crippen LogP contribution in [0.3, 0.4) is 0 Å². The van der Waals surface area contributed by atoms with Gasteiger partial charge in [0.1, 0.15) is 17.0 Å². The van der Waals surface area contributed by atoms with Gasteiger partial charge in [0.25, 0.3) is 5.91 Å². The van der Waals surface area contributed by atoms with Gasteiger partial charge >= 0.3 is 16.1 Å². The number of imide groups is 1. The van der Waals surface area contributed by atoms with Gasteiger partial charge in [-0.2, -0.15) is 8.42 Å². The highest BCUT2D eigenvalue weighted by molar-refractivity contribution is 7.87. The Morgan fingerprint density at radius 3 is 2.50 bits per heavy atom. The second-order valence-electron chi connectivity index (χ2n) is 5.98. The maximum atomic E-state index is 12.4. The lowest BCUT2D eigenvalue weighted by molar-refractivity contribution is -0.130. The number of carbonyl (C=O) groups excluding carboxylic acids is 2. The van der Waals surface area contributed by atoms with E-state index in [1.807, 2.05) is 6.92 Å². The van der Waals surface area contributed by atoms with Gasteiger partial charge in [-0.3, -0.25) is 9.69 Å². The van der Waals surface area contributed by atoms with E-state index >= 15 is 0 Å². The van der Waals surface area contributed by atoms with E-state index < -0.39 is 33.3 Å². The van der Waals surface area contributed by atoms with Crippen molar-refractivity contribution >= 4 is 22.1 Å². The third-order valence-corrected chi connectivity index (χ3v) is 5.04. The number of carbonyl (C=O) groups is 2. The van der Waals surface area contributed by atoms with Gasteiger partial charge in [-0.25, -0.2) is 4.79 Å². The summed E-state index contributed by atoms with van der Waals surface area (Å²) in [7, 11) is -3.90. The van der Waals surface area contributed by atoms with Crippen molar-refractivity contribution in [3.05, 3.63) is 30.3 Å². The predicted molar refractivity (Wildman–Crippen MR) is 89.0 cm³/mol. The first-order valence-corrected chi connectivity index (χ1v) is 9.46. The van der Waals surface area contributed by atoms with Crippen LogP contribution in [0.5, 0.6) is 5.75 Å². The monoisotopic (exact) mass is 354 g/mol. The van der Waals surface area contributed by atoms with E-state index in [1.54, 1.807) is 25.1 Å². The van der Waals surface area contributed by atoms with Gasteiger partial charge in [-0.1, -0.05) is 38.0 Å². The molecule has 1 atom stereocenters. The Hall–Kier alpha value is -2.09. The Balaban J connectivity index is 1.98. The van der Waals surface area contributed by atoms with Crippen molar-refractivity contribution in [2.45, 2.75) is 38.6 Å². The number of amides is 3. The van der Waals surface area contributed by atoms with Gasteiger partial charge in [0.2, 0.25) is 0 Å². The number of hydrogen-bond donors (Lipinski definition) is 1. The molecule has 24 heavy (non-hydrogen) atoms. The largest absolute Gasteiger partial charge is 0.382 e. The van der Waals surface area contributed by atoms with E-state index in [0.717, 1.165) is 17.7 Å². The molecule has 1 fully saturated rings. The molecule has 0 radical (unpaired) electrons.